The van der Waals surface area contributed by atoms with Gasteiger partial charge in [-0.05, 0) is 41.6 Å². The molecule has 0 radical (unpaired) electrons. The number of methoxy groups -OCH3 is 2. The Labute approximate surface area is 226 Å². The van der Waals surface area contributed by atoms with E-state index in [1.165, 1.54) is 0 Å². The number of carbonyl (C=O) groups excluding carboxylic acids is 1. The van der Waals surface area contributed by atoms with Gasteiger partial charge in [-0.15, -0.1) is 0 Å². The summed E-state index contributed by atoms with van der Waals surface area (Å²) in [5.41, 5.74) is 2.60. The number of cyclic esters (lactones) is 1. The fraction of sp³-hybridized carbons (Fsp3) is 0.393. The van der Waals surface area contributed by atoms with Crippen molar-refractivity contribution in [3.8, 4) is 39.9 Å². The molecule has 6 rings (SSSR count). The second-order valence-electron chi connectivity index (χ2n) is 9.65. The first-order valence-electron chi connectivity index (χ1n) is 12.8. The minimum Gasteiger partial charge on any atom is -0.493 e. The number of fused-ring (bicyclic) bond motifs is 3. The van der Waals surface area contributed by atoms with Crippen LogP contribution in [0, 0.1) is 0 Å². The SMILES string of the molecule is COc1cc2c(OCCCN3CCS(=O)(=O)CC3)c3c(c(-c4ccc5c(c4)OCO5)c2cc1OC)C(=O)OC3. The molecule has 1 fully saturated rings. The van der Waals surface area contributed by atoms with E-state index in [0.717, 1.165) is 22.9 Å². The number of nitrogens with zero attached hydrogens (tertiary/aromatic N) is 1. The second-order valence-corrected chi connectivity index (χ2v) is 12.0. The highest BCUT2D eigenvalue weighted by Crippen LogP contribution is 2.49. The molecule has 1 saturated heterocycles. The van der Waals surface area contributed by atoms with Crippen molar-refractivity contribution in [1.29, 1.82) is 0 Å². The van der Waals surface area contributed by atoms with Crippen LogP contribution < -0.4 is 23.7 Å². The van der Waals surface area contributed by atoms with Gasteiger partial charge in [-0.2, -0.15) is 0 Å². The largest absolute Gasteiger partial charge is 0.493 e. The zero-order valence-electron chi connectivity index (χ0n) is 21.8. The molecule has 39 heavy (non-hydrogen) atoms. The van der Waals surface area contributed by atoms with Crippen molar-refractivity contribution in [3.63, 3.8) is 0 Å². The van der Waals surface area contributed by atoms with Crippen molar-refractivity contribution in [2.75, 3.05) is 58.8 Å². The van der Waals surface area contributed by atoms with Crippen LogP contribution in [-0.4, -0.2) is 78.0 Å². The topological polar surface area (TPSA) is 110 Å². The molecule has 0 N–H and O–H groups in total. The van der Waals surface area contributed by atoms with Gasteiger partial charge in [-0.1, -0.05) is 6.07 Å². The molecule has 3 aromatic rings. The number of benzene rings is 3. The average Bonchev–Trinajstić information content (AvgIpc) is 3.56. The Hall–Kier alpha value is -3.70. The first-order valence-corrected chi connectivity index (χ1v) is 14.6. The van der Waals surface area contributed by atoms with Gasteiger partial charge in [0.2, 0.25) is 6.79 Å². The van der Waals surface area contributed by atoms with Crippen LogP contribution in [-0.2, 0) is 21.2 Å². The van der Waals surface area contributed by atoms with Crippen molar-refractivity contribution < 1.29 is 41.6 Å². The summed E-state index contributed by atoms with van der Waals surface area (Å²) < 4.78 is 57.6. The first kappa shape index (κ1) is 25.6. The minimum atomic E-state index is -2.92. The minimum absolute atomic E-state index is 0.0926. The fourth-order valence-electron chi connectivity index (χ4n) is 5.36. The van der Waals surface area contributed by atoms with Gasteiger partial charge < -0.3 is 33.3 Å². The fourth-order valence-corrected chi connectivity index (χ4v) is 6.64. The predicted molar refractivity (Wildman–Crippen MR) is 143 cm³/mol. The molecule has 3 heterocycles. The third kappa shape index (κ3) is 4.70. The first-order chi connectivity index (χ1) is 18.9. The molecule has 11 heteroatoms. The van der Waals surface area contributed by atoms with Crippen molar-refractivity contribution in [1.82, 2.24) is 4.90 Å². The average molecular weight is 556 g/mol. The molecule has 10 nitrogen and oxygen atoms in total. The maximum Gasteiger partial charge on any atom is 0.339 e. The summed E-state index contributed by atoms with van der Waals surface area (Å²) in [7, 11) is 0.211. The third-order valence-corrected chi connectivity index (χ3v) is 8.99. The van der Waals surface area contributed by atoms with Crippen molar-refractivity contribution in [2.45, 2.75) is 13.0 Å². The molecular weight excluding hydrogens is 526 g/mol. The lowest BCUT2D eigenvalue weighted by atomic mass is 9.89. The van der Waals surface area contributed by atoms with Gasteiger partial charge in [-0.25, -0.2) is 13.2 Å². The molecule has 0 aliphatic carbocycles. The second kappa shape index (κ2) is 10.1. The standard InChI is InChI=1S/C28H29NO9S/c1-33-22-13-18-19(14-23(22)34-2)27(35-9-3-6-29-7-10-39(31,32)11-8-29)20-15-36-28(30)26(20)25(18)17-4-5-21-24(12-17)38-16-37-21/h4-5,12-14H,3,6-11,15-16H2,1-2H3. The molecular formula is C28H29NO9S. The number of sulfone groups is 1. The molecule has 0 spiro atoms. The Balaban J connectivity index is 1.40. The Morgan fingerprint density at radius 1 is 0.897 bits per heavy atom. The Bertz CT molecular complexity index is 1550. The number of hydrogen-bond acceptors (Lipinski definition) is 10. The quantitative estimate of drug-likeness (QED) is 0.303. The van der Waals surface area contributed by atoms with E-state index >= 15 is 0 Å². The number of rotatable bonds is 8. The monoisotopic (exact) mass is 555 g/mol. The van der Waals surface area contributed by atoms with Gasteiger partial charge >= 0.3 is 5.97 Å². The predicted octanol–water partition coefficient (Wildman–Crippen LogP) is 3.42. The van der Waals surface area contributed by atoms with Gasteiger partial charge in [0.15, 0.2) is 32.8 Å². The van der Waals surface area contributed by atoms with E-state index in [4.69, 9.17) is 28.4 Å². The molecule has 0 atom stereocenters. The maximum absolute atomic E-state index is 13.1. The summed E-state index contributed by atoms with van der Waals surface area (Å²) in [6.45, 7) is 2.41. The van der Waals surface area contributed by atoms with Crippen LogP contribution in [0.15, 0.2) is 30.3 Å². The van der Waals surface area contributed by atoms with Gasteiger partial charge in [0, 0.05) is 36.1 Å². The summed E-state index contributed by atoms with van der Waals surface area (Å²) in [6, 6.07) is 9.29. The summed E-state index contributed by atoms with van der Waals surface area (Å²) in [6.07, 6.45) is 0.697. The maximum atomic E-state index is 13.1. The van der Waals surface area contributed by atoms with Crippen molar-refractivity contribution in [3.05, 3.63) is 41.5 Å². The van der Waals surface area contributed by atoms with Crippen LogP contribution >= 0.6 is 0 Å². The van der Waals surface area contributed by atoms with Crippen LogP contribution in [0.5, 0.6) is 28.7 Å². The van der Waals surface area contributed by atoms with Crippen molar-refractivity contribution in [2.24, 2.45) is 0 Å². The number of carbonyl (C=O) groups is 1. The Morgan fingerprint density at radius 3 is 2.36 bits per heavy atom. The molecule has 3 aliphatic heterocycles. The van der Waals surface area contributed by atoms with Crippen LogP contribution in [0.2, 0.25) is 0 Å². The van der Waals surface area contributed by atoms with Crippen molar-refractivity contribution >= 4 is 26.6 Å². The number of esters is 1. The molecule has 3 aromatic carbocycles. The third-order valence-electron chi connectivity index (χ3n) is 7.38. The van der Waals surface area contributed by atoms with Crippen LogP contribution in [0.4, 0.5) is 0 Å². The van der Waals surface area contributed by atoms with Gasteiger partial charge in [0.05, 0.1) is 37.9 Å². The summed E-state index contributed by atoms with van der Waals surface area (Å²) >= 11 is 0. The number of hydrogen-bond donors (Lipinski definition) is 0. The van der Waals surface area contributed by atoms with Gasteiger partial charge in [0.1, 0.15) is 12.4 Å². The summed E-state index contributed by atoms with van der Waals surface area (Å²) in [5, 5.41) is 1.52. The number of ether oxygens (including phenoxy) is 6. The van der Waals surface area contributed by atoms with E-state index in [1.807, 2.05) is 30.3 Å². The van der Waals surface area contributed by atoms with Gasteiger partial charge in [0.25, 0.3) is 0 Å². The normalized spacial score (nSPS) is 17.6. The molecule has 0 unspecified atom stereocenters. The van der Waals surface area contributed by atoms with E-state index in [1.54, 1.807) is 14.2 Å². The van der Waals surface area contributed by atoms with E-state index in [2.05, 4.69) is 4.90 Å². The highest BCUT2D eigenvalue weighted by molar-refractivity contribution is 7.91. The van der Waals surface area contributed by atoms with E-state index in [-0.39, 0.29) is 24.9 Å². The molecule has 3 aliphatic rings. The van der Waals surface area contributed by atoms with Gasteiger partial charge in [-0.3, -0.25) is 0 Å². The smallest absolute Gasteiger partial charge is 0.339 e. The lowest BCUT2D eigenvalue weighted by Crippen LogP contribution is -2.40. The van der Waals surface area contributed by atoms with E-state index in [0.29, 0.717) is 71.6 Å². The lowest BCUT2D eigenvalue weighted by molar-refractivity contribution is 0.0534. The highest BCUT2D eigenvalue weighted by Gasteiger charge is 2.33. The lowest BCUT2D eigenvalue weighted by Gasteiger charge is -2.26. The molecule has 0 saturated carbocycles. The zero-order valence-corrected chi connectivity index (χ0v) is 22.6. The molecule has 0 amide bonds. The van der Waals surface area contributed by atoms with E-state index in [9.17, 15) is 13.2 Å². The Kier molecular flexibility index (Phi) is 6.64. The molecule has 0 bridgehead atoms. The summed E-state index contributed by atoms with van der Waals surface area (Å²) in [5.74, 6) is 2.82. The van der Waals surface area contributed by atoms with Crippen LogP contribution in [0.3, 0.4) is 0 Å². The zero-order chi connectivity index (χ0) is 27.1. The Morgan fingerprint density at radius 2 is 1.62 bits per heavy atom. The molecule has 206 valence electrons. The van der Waals surface area contributed by atoms with E-state index < -0.39 is 15.8 Å². The highest BCUT2D eigenvalue weighted by atomic mass is 32.2. The van der Waals surface area contributed by atoms with Crippen LogP contribution in [0.25, 0.3) is 21.9 Å². The van der Waals surface area contributed by atoms with Crippen LogP contribution in [0.1, 0.15) is 22.3 Å². The molecule has 0 aromatic heterocycles. The summed E-state index contributed by atoms with van der Waals surface area (Å²) in [4.78, 5) is 15.2.